The van der Waals surface area contributed by atoms with Crippen LogP contribution in [0.4, 0.5) is 4.39 Å². The summed E-state index contributed by atoms with van der Waals surface area (Å²) in [6, 6.07) is 16.1. The Balaban J connectivity index is 1.60. The number of hydrogen-bond donors (Lipinski definition) is 2. The smallest absolute Gasteiger partial charge is 0.221 e. The maximum absolute atomic E-state index is 12.7. The lowest BCUT2D eigenvalue weighted by Gasteiger charge is -2.07. The Morgan fingerprint density at radius 2 is 1.57 bits per heavy atom. The molecule has 0 bridgehead atoms. The van der Waals surface area contributed by atoms with Gasteiger partial charge in [0.15, 0.2) is 0 Å². The normalized spacial score (nSPS) is 10.3. The standard InChI is InChI=1S/C17H19FN2O/c18-16-8-6-15(7-9-16)12-19-11-10-17(21)20-13-14-4-2-1-3-5-14/h1-9,19H,10-13H2,(H,20,21). The lowest BCUT2D eigenvalue weighted by Crippen LogP contribution is -2.27. The van der Waals surface area contributed by atoms with E-state index in [9.17, 15) is 9.18 Å². The van der Waals surface area contributed by atoms with Crippen LogP contribution in [-0.4, -0.2) is 12.5 Å². The Morgan fingerprint density at radius 3 is 2.29 bits per heavy atom. The van der Waals surface area contributed by atoms with Gasteiger partial charge in [0.25, 0.3) is 0 Å². The number of nitrogens with one attached hydrogen (secondary N) is 2. The summed E-state index contributed by atoms with van der Waals surface area (Å²) < 4.78 is 12.7. The molecular formula is C17H19FN2O. The molecule has 4 heteroatoms. The second kappa shape index (κ2) is 8.17. The summed E-state index contributed by atoms with van der Waals surface area (Å²) in [5.74, 6) is -0.218. The van der Waals surface area contributed by atoms with Gasteiger partial charge in [-0.3, -0.25) is 4.79 Å². The SMILES string of the molecule is O=C(CCNCc1ccc(F)cc1)NCc1ccccc1. The van der Waals surface area contributed by atoms with Gasteiger partial charge in [-0.15, -0.1) is 0 Å². The first-order valence-electron chi connectivity index (χ1n) is 7.00. The van der Waals surface area contributed by atoms with Crippen LogP contribution in [0.25, 0.3) is 0 Å². The molecule has 3 nitrogen and oxygen atoms in total. The van der Waals surface area contributed by atoms with Crippen LogP contribution in [0.15, 0.2) is 54.6 Å². The fourth-order valence-electron chi connectivity index (χ4n) is 1.92. The van der Waals surface area contributed by atoms with Gasteiger partial charge in [-0.2, -0.15) is 0 Å². The van der Waals surface area contributed by atoms with E-state index >= 15 is 0 Å². The third-order valence-electron chi connectivity index (χ3n) is 3.10. The van der Waals surface area contributed by atoms with Crippen molar-refractivity contribution in [1.29, 1.82) is 0 Å². The Morgan fingerprint density at radius 1 is 0.905 bits per heavy atom. The number of carbonyl (C=O) groups excluding carboxylic acids is 1. The number of carbonyl (C=O) groups is 1. The zero-order valence-corrected chi connectivity index (χ0v) is 11.8. The van der Waals surface area contributed by atoms with Gasteiger partial charge in [-0.25, -0.2) is 4.39 Å². The zero-order chi connectivity index (χ0) is 14.9. The zero-order valence-electron chi connectivity index (χ0n) is 11.8. The molecule has 0 heterocycles. The van der Waals surface area contributed by atoms with E-state index in [-0.39, 0.29) is 11.7 Å². The summed E-state index contributed by atoms with van der Waals surface area (Å²) in [5.41, 5.74) is 2.09. The van der Waals surface area contributed by atoms with E-state index in [0.29, 0.717) is 26.1 Å². The summed E-state index contributed by atoms with van der Waals surface area (Å²) in [5, 5.41) is 6.04. The largest absolute Gasteiger partial charge is 0.352 e. The molecule has 0 aromatic heterocycles. The van der Waals surface area contributed by atoms with Crippen molar-refractivity contribution in [1.82, 2.24) is 10.6 Å². The average Bonchev–Trinajstić information content (AvgIpc) is 2.52. The minimum Gasteiger partial charge on any atom is -0.352 e. The number of benzene rings is 2. The summed E-state index contributed by atoms with van der Waals surface area (Å²) in [6.07, 6.45) is 0.425. The third-order valence-corrected chi connectivity index (χ3v) is 3.10. The number of halogens is 1. The van der Waals surface area contributed by atoms with Gasteiger partial charge >= 0.3 is 0 Å². The Labute approximate surface area is 124 Å². The second-order valence-electron chi connectivity index (χ2n) is 4.82. The van der Waals surface area contributed by atoms with Crippen LogP contribution in [0.3, 0.4) is 0 Å². The van der Waals surface area contributed by atoms with Crippen molar-refractivity contribution in [3.05, 3.63) is 71.5 Å². The summed E-state index contributed by atoms with van der Waals surface area (Å²) in [7, 11) is 0. The molecule has 21 heavy (non-hydrogen) atoms. The Bertz CT molecular complexity index is 555. The Kier molecular flexibility index (Phi) is 5.91. The van der Waals surface area contributed by atoms with E-state index in [4.69, 9.17) is 0 Å². The van der Waals surface area contributed by atoms with Gasteiger partial charge in [0.05, 0.1) is 0 Å². The van der Waals surface area contributed by atoms with Crippen LogP contribution in [0.2, 0.25) is 0 Å². The molecule has 0 aliphatic heterocycles. The van der Waals surface area contributed by atoms with Crippen LogP contribution >= 0.6 is 0 Å². The second-order valence-corrected chi connectivity index (χ2v) is 4.82. The molecule has 2 N–H and O–H groups in total. The minimum absolute atomic E-state index is 0.0189. The number of amides is 1. The van der Waals surface area contributed by atoms with Crippen molar-refractivity contribution >= 4 is 5.91 Å². The van der Waals surface area contributed by atoms with Crippen LogP contribution in [0, 0.1) is 5.82 Å². The highest BCUT2D eigenvalue weighted by Gasteiger charge is 2.01. The molecule has 0 aliphatic carbocycles. The van der Waals surface area contributed by atoms with Gasteiger partial charge in [0, 0.05) is 26.1 Å². The van der Waals surface area contributed by atoms with Crippen LogP contribution in [-0.2, 0) is 17.9 Å². The fourth-order valence-corrected chi connectivity index (χ4v) is 1.92. The van der Waals surface area contributed by atoms with Crippen LogP contribution in [0.5, 0.6) is 0 Å². The molecule has 0 spiro atoms. The molecule has 0 saturated heterocycles. The first kappa shape index (κ1) is 15.2. The van der Waals surface area contributed by atoms with Crippen molar-refractivity contribution in [2.24, 2.45) is 0 Å². The van der Waals surface area contributed by atoms with E-state index < -0.39 is 0 Å². The number of rotatable bonds is 7. The van der Waals surface area contributed by atoms with Crippen molar-refractivity contribution in [3.63, 3.8) is 0 Å². The molecule has 0 atom stereocenters. The van der Waals surface area contributed by atoms with E-state index in [1.165, 1.54) is 12.1 Å². The summed E-state index contributed by atoms with van der Waals surface area (Å²) in [4.78, 5) is 11.7. The fraction of sp³-hybridized carbons (Fsp3) is 0.235. The topological polar surface area (TPSA) is 41.1 Å². The highest BCUT2D eigenvalue weighted by Crippen LogP contribution is 2.02. The first-order chi connectivity index (χ1) is 10.2. The Hall–Kier alpha value is -2.20. The van der Waals surface area contributed by atoms with Crippen LogP contribution < -0.4 is 10.6 Å². The van der Waals surface area contributed by atoms with Crippen molar-refractivity contribution in [3.8, 4) is 0 Å². The maximum atomic E-state index is 12.7. The van der Waals surface area contributed by atoms with Gasteiger partial charge in [-0.05, 0) is 23.3 Å². The molecular weight excluding hydrogens is 267 g/mol. The highest BCUT2D eigenvalue weighted by molar-refractivity contribution is 5.76. The molecule has 2 rings (SSSR count). The molecule has 2 aromatic carbocycles. The third kappa shape index (κ3) is 5.75. The van der Waals surface area contributed by atoms with Gasteiger partial charge in [0.2, 0.25) is 5.91 Å². The molecule has 0 unspecified atom stereocenters. The van der Waals surface area contributed by atoms with E-state index in [1.54, 1.807) is 12.1 Å². The molecule has 0 radical (unpaired) electrons. The highest BCUT2D eigenvalue weighted by atomic mass is 19.1. The number of hydrogen-bond acceptors (Lipinski definition) is 2. The molecule has 1 amide bonds. The molecule has 110 valence electrons. The summed E-state index contributed by atoms with van der Waals surface area (Å²) in [6.45, 7) is 1.78. The molecule has 0 aliphatic rings. The van der Waals surface area contributed by atoms with Crippen molar-refractivity contribution in [2.45, 2.75) is 19.5 Å². The summed E-state index contributed by atoms with van der Waals surface area (Å²) >= 11 is 0. The first-order valence-corrected chi connectivity index (χ1v) is 7.00. The van der Waals surface area contributed by atoms with Gasteiger partial charge in [-0.1, -0.05) is 42.5 Å². The van der Waals surface area contributed by atoms with Crippen LogP contribution in [0.1, 0.15) is 17.5 Å². The maximum Gasteiger partial charge on any atom is 0.221 e. The minimum atomic E-state index is -0.237. The quantitative estimate of drug-likeness (QED) is 0.768. The van der Waals surface area contributed by atoms with E-state index in [1.807, 2.05) is 30.3 Å². The lowest BCUT2D eigenvalue weighted by molar-refractivity contribution is -0.121. The van der Waals surface area contributed by atoms with Gasteiger partial charge < -0.3 is 10.6 Å². The van der Waals surface area contributed by atoms with E-state index in [0.717, 1.165) is 11.1 Å². The van der Waals surface area contributed by atoms with Crippen molar-refractivity contribution < 1.29 is 9.18 Å². The monoisotopic (exact) mass is 286 g/mol. The average molecular weight is 286 g/mol. The lowest BCUT2D eigenvalue weighted by atomic mass is 10.2. The van der Waals surface area contributed by atoms with Gasteiger partial charge in [0.1, 0.15) is 5.82 Å². The van der Waals surface area contributed by atoms with E-state index in [2.05, 4.69) is 10.6 Å². The molecule has 0 saturated carbocycles. The molecule has 0 fully saturated rings. The predicted octanol–water partition coefficient (Wildman–Crippen LogP) is 2.62. The van der Waals surface area contributed by atoms with Crippen molar-refractivity contribution in [2.75, 3.05) is 6.54 Å². The predicted molar refractivity (Wildman–Crippen MR) is 81.0 cm³/mol. The molecule has 2 aromatic rings.